The van der Waals surface area contributed by atoms with Crippen molar-refractivity contribution in [3.63, 3.8) is 0 Å². The molecule has 0 N–H and O–H groups in total. The van der Waals surface area contributed by atoms with Crippen LogP contribution in [0.4, 0.5) is 13.2 Å². The molecule has 0 aliphatic heterocycles. The molecule has 0 bridgehead atoms. The predicted octanol–water partition coefficient (Wildman–Crippen LogP) is 3.98. The van der Waals surface area contributed by atoms with Crippen LogP contribution in [0.25, 0.3) is 0 Å². The summed E-state index contributed by atoms with van der Waals surface area (Å²) in [7, 11) is 0. The first-order valence-corrected chi connectivity index (χ1v) is 4.78. The molecular weight excluding hydrogens is 205 g/mol. The van der Waals surface area contributed by atoms with Gasteiger partial charge in [-0.2, -0.15) is 13.2 Å². The lowest BCUT2D eigenvalue weighted by atomic mass is 9.99. The van der Waals surface area contributed by atoms with Crippen molar-refractivity contribution in [1.29, 1.82) is 0 Å². The normalized spacial score (nSPS) is 13.9. The van der Waals surface area contributed by atoms with Crippen LogP contribution in [-0.4, -0.2) is 0 Å². The Hall–Kier alpha value is -1.03. The van der Waals surface area contributed by atoms with Gasteiger partial charge in [-0.15, -0.1) is 0 Å². The SMILES string of the molecule is CCCC([O])c1ccccc1C(F)(F)F. The molecule has 4 heteroatoms. The van der Waals surface area contributed by atoms with Crippen molar-refractivity contribution < 1.29 is 18.3 Å². The molecule has 1 radical (unpaired) electrons. The Balaban J connectivity index is 3.06. The van der Waals surface area contributed by atoms with E-state index in [4.69, 9.17) is 0 Å². The number of hydrogen-bond acceptors (Lipinski definition) is 0. The zero-order chi connectivity index (χ0) is 11.5. The van der Waals surface area contributed by atoms with Crippen LogP contribution in [0.2, 0.25) is 0 Å². The van der Waals surface area contributed by atoms with Gasteiger partial charge in [0.05, 0.1) is 5.56 Å². The van der Waals surface area contributed by atoms with Gasteiger partial charge in [-0.25, -0.2) is 5.11 Å². The highest BCUT2D eigenvalue weighted by Gasteiger charge is 2.34. The quantitative estimate of drug-likeness (QED) is 0.729. The van der Waals surface area contributed by atoms with Crippen molar-refractivity contribution >= 4 is 0 Å². The first-order chi connectivity index (χ1) is 6.96. The van der Waals surface area contributed by atoms with Gasteiger partial charge in [-0.3, -0.25) is 0 Å². The third-order valence-corrected chi connectivity index (χ3v) is 2.16. The van der Waals surface area contributed by atoms with E-state index in [9.17, 15) is 18.3 Å². The lowest BCUT2D eigenvalue weighted by Crippen LogP contribution is -2.11. The second-order valence-electron chi connectivity index (χ2n) is 3.36. The summed E-state index contributed by atoms with van der Waals surface area (Å²) < 4.78 is 37.5. The molecular formula is C11H12F3O. The minimum Gasteiger partial charge on any atom is -0.228 e. The van der Waals surface area contributed by atoms with Crippen molar-refractivity contribution in [2.45, 2.75) is 32.0 Å². The molecule has 1 rings (SSSR count). The van der Waals surface area contributed by atoms with Crippen molar-refractivity contribution in [3.8, 4) is 0 Å². The van der Waals surface area contributed by atoms with E-state index in [-0.39, 0.29) is 12.0 Å². The highest BCUT2D eigenvalue weighted by Crippen LogP contribution is 2.35. The average Bonchev–Trinajstić information content (AvgIpc) is 2.17. The molecule has 0 amide bonds. The van der Waals surface area contributed by atoms with Gasteiger partial charge < -0.3 is 0 Å². The summed E-state index contributed by atoms with van der Waals surface area (Å²) in [6.07, 6.45) is -4.91. The van der Waals surface area contributed by atoms with Crippen LogP contribution in [0, 0.1) is 0 Å². The first kappa shape index (κ1) is 12.0. The van der Waals surface area contributed by atoms with Gasteiger partial charge in [0.2, 0.25) is 0 Å². The Morgan fingerprint density at radius 2 is 1.87 bits per heavy atom. The van der Waals surface area contributed by atoms with Crippen LogP contribution in [0.15, 0.2) is 24.3 Å². The maximum atomic E-state index is 12.5. The number of benzene rings is 1. The Morgan fingerprint density at radius 3 is 2.40 bits per heavy atom. The fraction of sp³-hybridized carbons (Fsp3) is 0.455. The van der Waals surface area contributed by atoms with E-state index in [2.05, 4.69) is 0 Å². The summed E-state index contributed by atoms with van der Waals surface area (Å²) in [6, 6.07) is 4.97. The van der Waals surface area contributed by atoms with E-state index in [1.807, 2.05) is 0 Å². The fourth-order valence-electron chi connectivity index (χ4n) is 1.45. The van der Waals surface area contributed by atoms with Gasteiger partial charge in [0, 0.05) is 0 Å². The fourth-order valence-corrected chi connectivity index (χ4v) is 1.45. The van der Waals surface area contributed by atoms with Gasteiger partial charge in [0.25, 0.3) is 0 Å². The largest absolute Gasteiger partial charge is 0.416 e. The molecule has 0 aromatic heterocycles. The Bertz CT molecular complexity index is 320. The Morgan fingerprint density at radius 1 is 1.27 bits per heavy atom. The highest BCUT2D eigenvalue weighted by molar-refractivity contribution is 5.31. The van der Waals surface area contributed by atoms with E-state index in [1.165, 1.54) is 18.2 Å². The molecule has 1 aromatic rings. The van der Waals surface area contributed by atoms with Gasteiger partial charge >= 0.3 is 6.18 Å². The summed E-state index contributed by atoms with van der Waals surface area (Å²) in [5.41, 5.74) is -0.953. The third-order valence-electron chi connectivity index (χ3n) is 2.16. The number of halogens is 3. The van der Waals surface area contributed by atoms with E-state index in [0.29, 0.717) is 6.42 Å². The van der Waals surface area contributed by atoms with Gasteiger partial charge in [0.15, 0.2) is 0 Å². The molecule has 0 fully saturated rings. The average molecular weight is 217 g/mol. The van der Waals surface area contributed by atoms with E-state index in [0.717, 1.165) is 6.07 Å². The lowest BCUT2D eigenvalue weighted by Gasteiger charge is -2.15. The van der Waals surface area contributed by atoms with Gasteiger partial charge in [-0.1, -0.05) is 31.5 Å². The molecule has 15 heavy (non-hydrogen) atoms. The van der Waals surface area contributed by atoms with Crippen LogP contribution >= 0.6 is 0 Å². The second kappa shape index (κ2) is 4.66. The Kier molecular flexibility index (Phi) is 3.74. The minimum atomic E-state index is -4.44. The maximum absolute atomic E-state index is 12.5. The lowest BCUT2D eigenvalue weighted by molar-refractivity contribution is -0.139. The molecule has 1 atom stereocenters. The van der Waals surface area contributed by atoms with Crippen molar-refractivity contribution in [2.24, 2.45) is 0 Å². The predicted molar refractivity (Wildman–Crippen MR) is 49.8 cm³/mol. The molecule has 0 aliphatic carbocycles. The number of hydrogen-bond donors (Lipinski definition) is 0. The molecule has 0 heterocycles. The van der Waals surface area contributed by atoms with Crippen LogP contribution in [0.5, 0.6) is 0 Å². The van der Waals surface area contributed by atoms with E-state index < -0.39 is 17.8 Å². The summed E-state index contributed by atoms with van der Waals surface area (Å²) >= 11 is 0. The zero-order valence-electron chi connectivity index (χ0n) is 8.34. The standard InChI is InChI=1S/C11H12F3O/c1-2-5-10(15)8-6-3-4-7-9(8)11(12,13)14/h3-4,6-7,10H,2,5H2,1H3. The molecule has 0 aliphatic rings. The molecule has 0 saturated carbocycles. The van der Waals surface area contributed by atoms with Crippen molar-refractivity contribution in [1.82, 2.24) is 0 Å². The topological polar surface area (TPSA) is 19.9 Å². The molecule has 1 aromatic carbocycles. The molecule has 0 spiro atoms. The summed E-state index contributed by atoms with van der Waals surface area (Å²) in [6.45, 7) is 1.78. The molecule has 1 nitrogen and oxygen atoms in total. The van der Waals surface area contributed by atoms with Crippen LogP contribution in [0.1, 0.15) is 37.0 Å². The van der Waals surface area contributed by atoms with Crippen LogP contribution < -0.4 is 0 Å². The van der Waals surface area contributed by atoms with Gasteiger partial charge in [0.1, 0.15) is 6.10 Å². The van der Waals surface area contributed by atoms with Crippen molar-refractivity contribution in [2.75, 3.05) is 0 Å². The van der Waals surface area contributed by atoms with Crippen LogP contribution in [-0.2, 0) is 11.3 Å². The van der Waals surface area contributed by atoms with E-state index >= 15 is 0 Å². The summed E-state index contributed by atoms with van der Waals surface area (Å²) in [4.78, 5) is 0. The molecule has 83 valence electrons. The monoisotopic (exact) mass is 217 g/mol. The molecule has 0 saturated heterocycles. The van der Waals surface area contributed by atoms with E-state index in [1.54, 1.807) is 6.92 Å². The van der Waals surface area contributed by atoms with Crippen molar-refractivity contribution in [3.05, 3.63) is 35.4 Å². The zero-order valence-corrected chi connectivity index (χ0v) is 8.34. The maximum Gasteiger partial charge on any atom is 0.416 e. The summed E-state index contributed by atoms with van der Waals surface area (Å²) in [5.74, 6) is 0. The Labute approximate surface area is 86.5 Å². The smallest absolute Gasteiger partial charge is 0.228 e. The number of rotatable bonds is 3. The summed E-state index contributed by atoms with van der Waals surface area (Å²) in [5, 5.41) is 11.5. The molecule has 1 unspecified atom stereocenters. The highest BCUT2D eigenvalue weighted by atomic mass is 19.4. The van der Waals surface area contributed by atoms with Crippen LogP contribution in [0.3, 0.4) is 0 Å². The third kappa shape index (κ3) is 2.96. The van der Waals surface area contributed by atoms with Gasteiger partial charge in [-0.05, 0) is 18.1 Å². The second-order valence-corrected chi connectivity index (χ2v) is 3.36. The first-order valence-electron chi connectivity index (χ1n) is 4.78. The minimum absolute atomic E-state index is 0.146. The number of alkyl halides is 3.